The highest BCUT2D eigenvalue weighted by Gasteiger charge is 2.23. The molecule has 0 unspecified atom stereocenters. The summed E-state index contributed by atoms with van der Waals surface area (Å²) in [7, 11) is -12.2. The molecule has 10 nitrogen and oxygen atoms in total. The summed E-state index contributed by atoms with van der Waals surface area (Å²) in [4.78, 5) is -1.19. The molecule has 0 saturated carbocycles. The highest BCUT2D eigenvalue weighted by Crippen LogP contribution is 2.25. The molecule has 0 atom stereocenters. The molecule has 13 heteroatoms. The molecule has 0 amide bonds. The topological polar surface area (TPSA) is 167 Å². The molecule has 0 spiro atoms. The van der Waals surface area contributed by atoms with E-state index < -0.39 is 29.9 Å². The maximum absolute atomic E-state index is 13.0. The van der Waals surface area contributed by atoms with Crippen LogP contribution < -0.4 is 9.44 Å². The molecular weight excluding hydrogens is 468 g/mol. The van der Waals surface area contributed by atoms with Crippen molar-refractivity contribution in [3.8, 4) is 0 Å². The van der Waals surface area contributed by atoms with Crippen LogP contribution in [0.4, 0.5) is 0 Å². The normalized spacial score (nSPS) is 12.7. The Morgan fingerprint density at radius 3 is 1.32 bits per heavy atom. The molecule has 0 saturated heterocycles. The monoisotopic (exact) mass is 492 g/mol. The molecular formula is C18H24N2O8S3. The van der Waals surface area contributed by atoms with Gasteiger partial charge in [0.2, 0.25) is 29.9 Å². The zero-order valence-corrected chi connectivity index (χ0v) is 18.9. The van der Waals surface area contributed by atoms with Gasteiger partial charge in [0.25, 0.3) is 0 Å². The van der Waals surface area contributed by atoms with Gasteiger partial charge in [-0.1, -0.05) is 12.1 Å². The van der Waals surface area contributed by atoms with E-state index in [-0.39, 0.29) is 58.7 Å². The smallest absolute Gasteiger partial charge is 0.240 e. The van der Waals surface area contributed by atoms with Gasteiger partial charge < -0.3 is 10.2 Å². The molecule has 0 bridgehead atoms. The average Bonchev–Trinajstić information content (AvgIpc) is 2.74. The van der Waals surface area contributed by atoms with E-state index in [0.717, 1.165) is 12.1 Å². The van der Waals surface area contributed by atoms with Crippen molar-refractivity contribution >= 4 is 29.9 Å². The third-order valence-corrected chi connectivity index (χ3v) is 8.77. The zero-order chi connectivity index (χ0) is 23.1. The van der Waals surface area contributed by atoms with Crippen molar-refractivity contribution in [2.75, 3.05) is 26.3 Å². The highest BCUT2D eigenvalue weighted by molar-refractivity contribution is 7.92. The van der Waals surface area contributed by atoms with Gasteiger partial charge in [0, 0.05) is 26.3 Å². The Labute approximate surface area is 182 Å². The quantitative estimate of drug-likeness (QED) is 0.297. The SMILES string of the molecule is O=S(=O)(NCCCO)c1cccc(S(=O)(=O)c2cccc(S(=O)(=O)NCCCO)c2)c1. The lowest BCUT2D eigenvalue weighted by molar-refractivity contribution is 0.289. The van der Waals surface area contributed by atoms with Crippen molar-refractivity contribution in [3.63, 3.8) is 0 Å². The summed E-state index contributed by atoms with van der Waals surface area (Å²) in [5.41, 5.74) is 0. The second-order valence-corrected chi connectivity index (χ2v) is 11.9. The predicted octanol–water partition coefficient (Wildman–Crippen LogP) is -0.159. The molecule has 0 heterocycles. The fraction of sp³-hybridized carbons (Fsp3) is 0.333. The van der Waals surface area contributed by atoms with Crippen molar-refractivity contribution < 1.29 is 35.5 Å². The maximum Gasteiger partial charge on any atom is 0.240 e. The number of rotatable bonds is 12. The molecule has 0 aliphatic carbocycles. The summed E-state index contributed by atoms with van der Waals surface area (Å²) in [6, 6.07) is 9.38. The van der Waals surface area contributed by atoms with Gasteiger partial charge >= 0.3 is 0 Å². The fourth-order valence-electron chi connectivity index (χ4n) is 2.49. The van der Waals surface area contributed by atoms with E-state index in [4.69, 9.17) is 10.2 Å². The van der Waals surface area contributed by atoms with E-state index in [0.29, 0.717) is 0 Å². The summed E-state index contributed by atoms with van der Waals surface area (Å²) < 4.78 is 79.9. The van der Waals surface area contributed by atoms with Gasteiger partial charge in [-0.05, 0) is 49.2 Å². The first-order valence-corrected chi connectivity index (χ1v) is 13.7. The molecule has 31 heavy (non-hydrogen) atoms. The van der Waals surface area contributed by atoms with Gasteiger partial charge in [-0.3, -0.25) is 0 Å². The van der Waals surface area contributed by atoms with E-state index in [1.165, 1.54) is 36.4 Å². The fourth-order valence-corrected chi connectivity index (χ4v) is 6.23. The maximum atomic E-state index is 13.0. The second kappa shape index (κ2) is 10.6. The van der Waals surface area contributed by atoms with Crippen molar-refractivity contribution in [2.24, 2.45) is 0 Å². The lowest BCUT2D eigenvalue weighted by Crippen LogP contribution is -2.25. The number of hydrogen-bond acceptors (Lipinski definition) is 8. The van der Waals surface area contributed by atoms with Crippen LogP contribution in [-0.4, -0.2) is 61.8 Å². The molecule has 2 aromatic carbocycles. The molecule has 0 fully saturated rings. The number of nitrogens with one attached hydrogen (secondary N) is 2. The van der Waals surface area contributed by atoms with Crippen molar-refractivity contribution in [2.45, 2.75) is 32.4 Å². The minimum Gasteiger partial charge on any atom is -0.396 e. The van der Waals surface area contributed by atoms with Crippen LogP contribution in [0.5, 0.6) is 0 Å². The van der Waals surface area contributed by atoms with E-state index in [1.807, 2.05) is 0 Å². The molecule has 0 aliphatic rings. The summed E-state index contributed by atoms with van der Waals surface area (Å²) >= 11 is 0. The first-order chi connectivity index (χ1) is 14.5. The molecule has 4 N–H and O–H groups in total. The van der Waals surface area contributed by atoms with E-state index >= 15 is 0 Å². The number of sulfone groups is 1. The third kappa shape index (κ3) is 6.55. The second-order valence-electron chi connectivity index (χ2n) is 6.40. The number of hydrogen-bond donors (Lipinski definition) is 4. The number of benzene rings is 2. The van der Waals surface area contributed by atoms with Gasteiger partial charge in [0.05, 0.1) is 19.6 Å². The van der Waals surface area contributed by atoms with Gasteiger partial charge in [0.1, 0.15) is 0 Å². The molecule has 2 aromatic rings. The molecule has 2 rings (SSSR count). The largest absolute Gasteiger partial charge is 0.396 e. The highest BCUT2D eigenvalue weighted by atomic mass is 32.2. The first-order valence-electron chi connectivity index (χ1n) is 9.21. The van der Waals surface area contributed by atoms with Crippen LogP contribution >= 0.6 is 0 Å². The Balaban J connectivity index is 2.39. The van der Waals surface area contributed by atoms with Crippen molar-refractivity contribution in [1.82, 2.24) is 9.44 Å². The van der Waals surface area contributed by atoms with Crippen LogP contribution in [-0.2, 0) is 29.9 Å². The van der Waals surface area contributed by atoms with Crippen LogP contribution in [0.15, 0.2) is 68.1 Å². The third-order valence-electron chi connectivity index (χ3n) is 4.11. The Morgan fingerprint density at radius 1 is 0.613 bits per heavy atom. The number of aliphatic hydroxyl groups excluding tert-OH is 2. The summed E-state index contributed by atoms with van der Waals surface area (Å²) in [5.74, 6) is 0. The molecule has 172 valence electrons. The van der Waals surface area contributed by atoms with Crippen molar-refractivity contribution in [3.05, 3.63) is 48.5 Å². The van der Waals surface area contributed by atoms with Crippen LogP contribution in [0, 0.1) is 0 Å². The Kier molecular flexibility index (Phi) is 8.71. The summed E-state index contributed by atoms with van der Waals surface area (Å²) in [6.45, 7) is -0.436. The lowest BCUT2D eigenvalue weighted by atomic mass is 10.4. The van der Waals surface area contributed by atoms with Gasteiger partial charge in [-0.2, -0.15) is 0 Å². The zero-order valence-electron chi connectivity index (χ0n) is 16.4. The van der Waals surface area contributed by atoms with Gasteiger partial charge in [0.15, 0.2) is 0 Å². The lowest BCUT2D eigenvalue weighted by Gasteiger charge is -2.11. The Bertz CT molecular complexity index is 1120. The minimum absolute atomic E-state index is 0.0149. The molecule has 0 aliphatic heterocycles. The Morgan fingerprint density at radius 2 is 0.968 bits per heavy atom. The van der Waals surface area contributed by atoms with Crippen LogP contribution in [0.1, 0.15) is 12.8 Å². The average molecular weight is 493 g/mol. The Hall–Kier alpha value is -1.87. The standard InChI is InChI=1S/C18H24N2O8S3/c21-11-3-9-19-30(25,26)17-7-1-5-15(13-17)29(23,24)16-6-2-8-18(14-16)31(27,28)20-10-4-12-22/h1-2,5-8,13-14,19-22H,3-4,9-12H2. The van der Waals surface area contributed by atoms with Crippen LogP contribution in [0.25, 0.3) is 0 Å². The summed E-state index contributed by atoms with van der Waals surface area (Å²) in [5, 5.41) is 17.6. The van der Waals surface area contributed by atoms with E-state index in [9.17, 15) is 25.3 Å². The van der Waals surface area contributed by atoms with Gasteiger partial charge in [-0.25, -0.2) is 34.7 Å². The first kappa shape index (κ1) is 25.4. The number of sulfonamides is 2. The van der Waals surface area contributed by atoms with Crippen LogP contribution in [0.2, 0.25) is 0 Å². The van der Waals surface area contributed by atoms with E-state index in [1.54, 1.807) is 0 Å². The molecule has 0 aromatic heterocycles. The van der Waals surface area contributed by atoms with Crippen LogP contribution in [0.3, 0.4) is 0 Å². The van der Waals surface area contributed by atoms with E-state index in [2.05, 4.69) is 9.44 Å². The van der Waals surface area contributed by atoms with Gasteiger partial charge in [-0.15, -0.1) is 0 Å². The predicted molar refractivity (Wildman–Crippen MR) is 112 cm³/mol. The summed E-state index contributed by atoms with van der Waals surface area (Å²) in [6.07, 6.45) is 0.398. The number of aliphatic hydroxyl groups is 2. The van der Waals surface area contributed by atoms with Crippen molar-refractivity contribution in [1.29, 1.82) is 0 Å². The minimum atomic E-state index is -4.22. The molecule has 0 radical (unpaired) electrons.